The maximum absolute atomic E-state index is 11.0. The molecule has 0 aliphatic heterocycles. The van der Waals surface area contributed by atoms with Crippen molar-refractivity contribution in [1.29, 1.82) is 5.41 Å². The molecule has 0 fully saturated rings. The van der Waals surface area contributed by atoms with Crippen molar-refractivity contribution in [2.45, 2.75) is 13.3 Å². The molecular formula is C15H18N4O2. The summed E-state index contributed by atoms with van der Waals surface area (Å²) in [6.45, 7) is 2.92. The number of aromatic nitrogens is 1. The Kier molecular flexibility index (Phi) is 4.37. The second-order valence-electron chi connectivity index (χ2n) is 4.79. The lowest BCUT2D eigenvalue weighted by Gasteiger charge is -2.19. The van der Waals surface area contributed by atoms with Gasteiger partial charge in [-0.05, 0) is 6.42 Å². The van der Waals surface area contributed by atoms with Crippen molar-refractivity contribution in [2.75, 3.05) is 13.6 Å². The smallest absolute Gasteiger partial charge is 0.287 e. The van der Waals surface area contributed by atoms with E-state index in [0.717, 1.165) is 24.1 Å². The zero-order valence-corrected chi connectivity index (χ0v) is 12.1. The van der Waals surface area contributed by atoms with Gasteiger partial charge in [0.25, 0.3) is 5.91 Å². The zero-order valence-electron chi connectivity index (χ0n) is 12.1. The molecular weight excluding hydrogens is 268 g/mol. The topological polar surface area (TPSA) is 96.2 Å². The van der Waals surface area contributed by atoms with Crippen LogP contribution in [0.1, 0.15) is 29.5 Å². The molecule has 2 rings (SSSR count). The fourth-order valence-electron chi connectivity index (χ4n) is 1.99. The van der Waals surface area contributed by atoms with Gasteiger partial charge in [0, 0.05) is 30.8 Å². The SMILES string of the molecule is CCCN(C)C(=N)c1ccc(-c2cc(C(N)=O)on2)cc1. The number of benzene rings is 1. The molecule has 0 aliphatic rings. The van der Waals surface area contributed by atoms with Gasteiger partial charge in [-0.3, -0.25) is 10.2 Å². The van der Waals surface area contributed by atoms with E-state index in [1.54, 1.807) is 0 Å². The summed E-state index contributed by atoms with van der Waals surface area (Å²) in [6, 6.07) is 8.88. The summed E-state index contributed by atoms with van der Waals surface area (Å²) in [6.07, 6.45) is 0.992. The van der Waals surface area contributed by atoms with Gasteiger partial charge in [0.05, 0.1) is 0 Å². The van der Waals surface area contributed by atoms with Crippen molar-refractivity contribution in [2.24, 2.45) is 5.73 Å². The molecule has 1 amide bonds. The van der Waals surface area contributed by atoms with Crippen molar-refractivity contribution < 1.29 is 9.32 Å². The minimum absolute atomic E-state index is 0.0319. The van der Waals surface area contributed by atoms with Gasteiger partial charge in [0.15, 0.2) is 0 Å². The first-order valence-corrected chi connectivity index (χ1v) is 6.70. The van der Waals surface area contributed by atoms with Gasteiger partial charge in [0.2, 0.25) is 5.76 Å². The number of amidine groups is 1. The number of hydrogen-bond acceptors (Lipinski definition) is 4. The van der Waals surface area contributed by atoms with E-state index in [9.17, 15) is 4.79 Å². The fraction of sp³-hybridized carbons (Fsp3) is 0.267. The highest BCUT2D eigenvalue weighted by Gasteiger charge is 2.12. The second-order valence-corrected chi connectivity index (χ2v) is 4.79. The number of nitrogens with one attached hydrogen (secondary N) is 1. The highest BCUT2D eigenvalue weighted by Crippen LogP contribution is 2.20. The van der Waals surface area contributed by atoms with E-state index in [-0.39, 0.29) is 5.76 Å². The van der Waals surface area contributed by atoms with Gasteiger partial charge in [-0.2, -0.15) is 0 Å². The third kappa shape index (κ3) is 3.28. The van der Waals surface area contributed by atoms with E-state index in [0.29, 0.717) is 11.5 Å². The van der Waals surface area contributed by atoms with Gasteiger partial charge in [0.1, 0.15) is 11.5 Å². The molecule has 0 radical (unpaired) electrons. The molecule has 0 saturated heterocycles. The second kappa shape index (κ2) is 6.21. The van der Waals surface area contributed by atoms with Crippen LogP contribution in [-0.2, 0) is 0 Å². The van der Waals surface area contributed by atoms with Crippen LogP contribution in [-0.4, -0.2) is 35.4 Å². The number of hydrogen-bond donors (Lipinski definition) is 2. The number of nitrogens with zero attached hydrogens (tertiary/aromatic N) is 2. The van der Waals surface area contributed by atoms with Crippen LogP contribution in [0.5, 0.6) is 0 Å². The molecule has 110 valence electrons. The molecule has 6 heteroatoms. The number of nitrogens with two attached hydrogens (primary N) is 1. The summed E-state index contributed by atoms with van der Waals surface area (Å²) in [4.78, 5) is 12.9. The van der Waals surface area contributed by atoms with E-state index in [1.807, 2.05) is 36.2 Å². The Balaban J connectivity index is 2.18. The first-order valence-electron chi connectivity index (χ1n) is 6.70. The van der Waals surface area contributed by atoms with Crippen molar-refractivity contribution in [3.05, 3.63) is 41.7 Å². The van der Waals surface area contributed by atoms with Crippen molar-refractivity contribution in [1.82, 2.24) is 10.1 Å². The summed E-state index contributed by atoms with van der Waals surface area (Å²) in [5, 5.41) is 11.9. The Bertz CT molecular complexity index is 646. The van der Waals surface area contributed by atoms with E-state index in [4.69, 9.17) is 15.7 Å². The maximum Gasteiger partial charge on any atom is 0.287 e. The Morgan fingerprint density at radius 1 is 1.38 bits per heavy atom. The molecule has 0 bridgehead atoms. The molecule has 1 heterocycles. The lowest BCUT2D eigenvalue weighted by molar-refractivity contribution is 0.0965. The summed E-state index contributed by atoms with van der Waals surface area (Å²) in [7, 11) is 1.90. The van der Waals surface area contributed by atoms with E-state index in [2.05, 4.69) is 12.1 Å². The monoisotopic (exact) mass is 286 g/mol. The number of carbonyl (C=O) groups is 1. The van der Waals surface area contributed by atoms with Crippen LogP contribution in [0.15, 0.2) is 34.9 Å². The average Bonchev–Trinajstić information content (AvgIpc) is 2.97. The number of primary amides is 1. The highest BCUT2D eigenvalue weighted by molar-refractivity contribution is 5.96. The predicted octanol–water partition coefficient (Wildman–Crippen LogP) is 2.11. The molecule has 3 N–H and O–H groups in total. The minimum Gasteiger partial charge on any atom is -0.363 e. The predicted molar refractivity (Wildman–Crippen MR) is 80.2 cm³/mol. The average molecular weight is 286 g/mol. The lowest BCUT2D eigenvalue weighted by atomic mass is 10.1. The Morgan fingerprint density at radius 3 is 2.57 bits per heavy atom. The van der Waals surface area contributed by atoms with Crippen molar-refractivity contribution in [3.8, 4) is 11.3 Å². The molecule has 6 nitrogen and oxygen atoms in total. The van der Waals surface area contributed by atoms with Gasteiger partial charge in [-0.25, -0.2) is 0 Å². The summed E-state index contributed by atoms with van der Waals surface area (Å²) < 4.78 is 4.85. The number of amides is 1. The normalized spacial score (nSPS) is 10.4. The first-order chi connectivity index (χ1) is 10.0. The standard InChI is InChI=1S/C15H18N4O2/c1-3-8-19(2)14(16)11-6-4-10(5-7-11)12-9-13(15(17)20)21-18-12/h4-7,9,16H,3,8H2,1-2H3,(H2,17,20). The Morgan fingerprint density at radius 2 is 2.05 bits per heavy atom. The van der Waals surface area contributed by atoms with Gasteiger partial charge in [-0.15, -0.1) is 0 Å². The van der Waals surface area contributed by atoms with Crippen LogP contribution in [0.2, 0.25) is 0 Å². The zero-order chi connectivity index (χ0) is 15.4. The van der Waals surface area contributed by atoms with Gasteiger partial charge < -0.3 is 15.2 Å². The van der Waals surface area contributed by atoms with Crippen LogP contribution < -0.4 is 5.73 Å². The molecule has 0 saturated carbocycles. The summed E-state index contributed by atoms with van der Waals surface area (Å²) in [5.41, 5.74) is 7.30. The van der Waals surface area contributed by atoms with Crippen molar-refractivity contribution >= 4 is 11.7 Å². The van der Waals surface area contributed by atoms with Crippen LogP contribution in [0.3, 0.4) is 0 Å². The van der Waals surface area contributed by atoms with Crippen molar-refractivity contribution in [3.63, 3.8) is 0 Å². The van der Waals surface area contributed by atoms with E-state index >= 15 is 0 Å². The van der Waals surface area contributed by atoms with Crippen LogP contribution in [0, 0.1) is 5.41 Å². The fourth-order valence-corrected chi connectivity index (χ4v) is 1.99. The molecule has 1 aromatic heterocycles. The molecule has 0 aliphatic carbocycles. The van der Waals surface area contributed by atoms with Gasteiger partial charge in [-0.1, -0.05) is 36.3 Å². The van der Waals surface area contributed by atoms with Crippen LogP contribution in [0.25, 0.3) is 11.3 Å². The third-order valence-corrected chi connectivity index (χ3v) is 3.15. The number of carbonyl (C=O) groups excluding carboxylic acids is 1. The summed E-state index contributed by atoms with van der Waals surface area (Å²) >= 11 is 0. The molecule has 0 atom stereocenters. The third-order valence-electron chi connectivity index (χ3n) is 3.15. The Hall–Kier alpha value is -2.63. The molecule has 21 heavy (non-hydrogen) atoms. The molecule has 2 aromatic rings. The summed E-state index contributed by atoms with van der Waals surface area (Å²) in [5.74, 6) is -0.140. The lowest BCUT2D eigenvalue weighted by Crippen LogP contribution is -2.27. The van der Waals surface area contributed by atoms with Gasteiger partial charge >= 0.3 is 0 Å². The van der Waals surface area contributed by atoms with E-state index < -0.39 is 5.91 Å². The van der Waals surface area contributed by atoms with Crippen LogP contribution in [0.4, 0.5) is 0 Å². The molecule has 0 unspecified atom stereocenters. The largest absolute Gasteiger partial charge is 0.363 e. The molecule has 1 aromatic carbocycles. The maximum atomic E-state index is 11.0. The Labute approximate surface area is 123 Å². The number of rotatable bonds is 5. The molecule has 0 spiro atoms. The highest BCUT2D eigenvalue weighted by atomic mass is 16.5. The minimum atomic E-state index is -0.645. The first kappa shape index (κ1) is 14.8. The van der Waals surface area contributed by atoms with Crippen LogP contribution >= 0.6 is 0 Å². The quantitative estimate of drug-likeness (QED) is 0.650. The van der Waals surface area contributed by atoms with E-state index in [1.165, 1.54) is 6.07 Å².